The number of amides is 1. The third-order valence-corrected chi connectivity index (χ3v) is 3.70. The minimum Gasteiger partial charge on any atom is -0.490 e. The lowest BCUT2D eigenvalue weighted by Crippen LogP contribution is -2.23. The molecule has 0 bridgehead atoms. The van der Waals surface area contributed by atoms with Gasteiger partial charge in [0.25, 0.3) is 5.91 Å². The van der Waals surface area contributed by atoms with Crippen molar-refractivity contribution in [2.24, 2.45) is 0 Å². The molecule has 0 heterocycles. The van der Waals surface area contributed by atoms with Gasteiger partial charge in [0.15, 0.2) is 11.5 Å². The Labute approximate surface area is 160 Å². The van der Waals surface area contributed by atoms with E-state index < -0.39 is 5.91 Å². The molecule has 0 aliphatic carbocycles. The number of benzene rings is 2. The molecule has 2 aromatic carbocycles. The summed E-state index contributed by atoms with van der Waals surface area (Å²) < 4.78 is 11.3. The largest absolute Gasteiger partial charge is 0.490 e. The van der Waals surface area contributed by atoms with Crippen LogP contribution < -0.4 is 14.8 Å². The first-order valence-electron chi connectivity index (χ1n) is 9.01. The predicted octanol–water partition coefficient (Wildman–Crippen LogP) is 4.10. The second-order valence-corrected chi connectivity index (χ2v) is 5.83. The van der Waals surface area contributed by atoms with Gasteiger partial charge in [-0.05, 0) is 42.7 Å². The number of rotatable bonds is 9. The van der Waals surface area contributed by atoms with Gasteiger partial charge in [-0.1, -0.05) is 43.3 Å². The molecule has 0 aliphatic rings. The summed E-state index contributed by atoms with van der Waals surface area (Å²) in [7, 11) is 0. The molecular formula is C22H24N2O3. The second-order valence-electron chi connectivity index (χ2n) is 5.83. The molecular weight excluding hydrogens is 340 g/mol. The molecule has 140 valence electrons. The Balaban J connectivity index is 2.14. The van der Waals surface area contributed by atoms with Crippen LogP contribution >= 0.6 is 0 Å². The summed E-state index contributed by atoms with van der Waals surface area (Å²) in [5, 5.41) is 12.1. The number of nitrogens with one attached hydrogen (secondary N) is 1. The van der Waals surface area contributed by atoms with Gasteiger partial charge in [-0.25, -0.2) is 0 Å². The van der Waals surface area contributed by atoms with Crippen molar-refractivity contribution in [3.8, 4) is 17.6 Å². The molecule has 0 aliphatic heterocycles. The molecule has 0 unspecified atom stereocenters. The maximum Gasteiger partial charge on any atom is 0.262 e. The van der Waals surface area contributed by atoms with Gasteiger partial charge in [-0.2, -0.15) is 5.26 Å². The molecule has 1 amide bonds. The topological polar surface area (TPSA) is 71.3 Å². The lowest BCUT2D eigenvalue weighted by Gasteiger charge is -2.12. The van der Waals surface area contributed by atoms with E-state index in [1.54, 1.807) is 24.3 Å². The zero-order chi connectivity index (χ0) is 19.5. The summed E-state index contributed by atoms with van der Waals surface area (Å²) in [6, 6.07) is 16.9. The van der Waals surface area contributed by atoms with Crippen molar-refractivity contribution in [1.82, 2.24) is 5.32 Å². The zero-order valence-electron chi connectivity index (χ0n) is 15.7. The minimum atomic E-state index is -0.411. The van der Waals surface area contributed by atoms with E-state index in [1.165, 1.54) is 0 Å². The van der Waals surface area contributed by atoms with E-state index in [0.29, 0.717) is 36.8 Å². The highest BCUT2D eigenvalue weighted by molar-refractivity contribution is 6.01. The highest BCUT2D eigenvalue weighted by Crippen LogP contribution is 2.29. The molecule has 0 saturated carbocycles. The Bertz CT molecular complexity index is 823. The number of carbonyl (C=O) groups is 1. The molecule has 0 radical (unpaired) electrons. The van der Waals surface area contributed by atoms with Gasteiger partial charge in [-0.3, -0.25) is 4.79 Å². The van der Waals surface area contributed by atoms with Crippen molar-refractivity contribution in [3.63, 3.8) is 0 Å². The van der Waals surface area contributed by atoms with Crippen LogP contribution in [0.3, 0.4) is 0 Å². The lowest BCUT2D eigenvalue weighted by molar-refractivity contribution is -0.117. The van der Waals surface area contributed by atoms with Crippen molar-refractivity contribution in [2.75, 3.05) is 13.2 Å². The molecule has 0 fully saturated rings. The molecule has 1 N–H and O–H groups in total. The van der Waals surface area contributed by atoms with Crippen LogP contribution in [0.2, 0.25) is 0 Å². The van der Waals surface area contributed by atoms with E-state index in [0.717, 1.165) is 12.0 Å². The van der Waals surface area contributed by atoms with E-state index in [1.807, 2.05) is 50.2 Å². The summed E-state index contributed by atoms with van der Waals surface area (Å²) in [5.74, 6) is 0.843. The first-order chi connectivity index (χ1) is 13.2. The number of hydrogen-bond donors (Lipinski definition) is 1. The third-order valence-electron chi connectivity index (χ3n) is 3.70. The summed E-state index contributed by atoms with van der Waals surface area (Å²) in [6.07, 6.45) is 2.44. The number of hydrogen-bond acceptors (Lipinski definition) is 4. The van der Waals surface area contributed by atoms with E-state index in [9.17, 15) is 10.1 Å². The summed E-state index contributed by atoms with van der Waals surface area (Å²) in [4.78, 5) is 12.3. The fourth-order valence-corrected chi connectivity index (χ4v) is 2.40. The Hall–Kier alpha value is -3.26. The Morgan fingerprint density at radius 2 is 1.89 bits per heavy atom. The van der Waals surface area contributed by atoms with Crippen molar-refractivity contribution >= 4 is 12.0 Å². The van der Waals surface area contributed by atoms with Gasteiger partial charge in [-0.15, -0.1) is 0 Å². The number of carbonyl (C=O) groups excluding carboxylic acids is 1. The van der Waals surface area contributed by atoms with Crippen LogP contribution in [0.25, 0.3) is 6.08 Å². The van der Waals surface area contributed by atoms with Crippen LogP contribution in [0, 0.1) is 11.3 Å². The third kappa shape index (κ3) is 6.19. The maximum atomic E-state index is 12.3. The van der Waals surface area contributed by atoms with Crippen molar-refractivity contribution in [3.05, 3.63) is 65.2 Å². The van der Waals surface area contributed by atoms with E-state index in [2.05, 4.69) is 5.32 Å². The molecule has 0 aromatic heterocycles. The van der Waals surface area contributed by atoms with Crippen LogP contribution in [-0.4, -0.2) is 19.1 Å². The highest BCUT2D eigenvalue weighted by atomic mass is 16.5. The standard InChI is InChI=1S/C22H24N2O3/c1-3-12-27-20-11-10-18(14-21(20)26-4-2)13-19(15-23)22(25)24-16-17-8-6-5-7-9-17/h5-11,13-14H,3-4,12,16H2,1-2H3,(H,24,25). The molecule has 5 heteroatoms. The highest BCUT2D eigenvalue weighted by Gasteiger charge is 2.11. The molecule has 27 heavy (non-hydrogen) atoms. The van der Waals surface area contributed by atoms with Gasteiger partial charge in [0.1, 0.15) is 11.6 Å². The smallest absolute Gasteiger partial charge is 0.262 e. The van der Waals surface area contributed by atoms with Crippen molar-refractivity contribution in [2.45, 2.75) is 26.8 Å². The Morgan fingerprint density at radius 3 is 2.56 bits per heavy atom. The van der Waals surface area contributed by atoms with E-state index in [4.69, 9.17) is 9.47 Å². The first kappa shape index (κ1) is 20.1. The SMILES string of the molecule is CCCOc1ccc(C=C(C#N)C(=O)NCc2ccccc2)cc1OCC. The van der Waals surface area contributed by atoms with Gasteiger partial charge in [0.05, 0.1) is 13.2 Å². The van der Waals surface area contributed by atoms with Crippen LogP contribution in [0.5, 0.6) is 11.5 Å². The monoisotopic (exact) mass is 364 g/mol. The predicted molar refractivity (Wildman–Crippen MR) is 105 cm³/mol. The Kier molecular flexibility index (Phi) is 7.92. The van der Waals surface area contributed by atoms with Gasteiger partial charge in [0, 0.05) is 6.54 Å². The van der Waals surface area contributed by atoms with Gasteiger partial charge < -0.3 is 14.8 Å². The number of nitriles is 1. The molecule has 2 aromatic rings. The summed E-state index contributed by atoms with van der Waals surface area (Å²) >= 11 is 0. The average molecular weight is 364 g/mol. The van der Waals surface area contributed by atoms with Crippen LogP contribution in [0.4, 0.5) is 0 Å². The van der Waals surface area contributed by atoms with Gasteiger partial charge in [0.2, 0.25) is 0 Å². The Morgan fingerprint density at radius 1 is 1.11 bits per heavy atom. The van der Waals surface area contributed by atoms with Crippen LogP contribution in [0.15, 0.2) is 54.1 Å². The molecule has 0 atom stereocenters. The molecule has 0 spiro atoms. The fourth-order valence-electron chi connectivity index (χ4n) is 2.40. The normalized spacial score (nSPS) is 10.8. The second kappa shape index (κ2) is 10.7. The molecule has 5 nitrogen and oxygen atoms in total. The van der Waals surface area contributed by atoms with Crippen molar-refractivity contribution in [1.29, 1.82) is 5.26 Å². The van der Waals surface area contributed by atoms with Gasteiger partial charge >= 0.3 is 0 Å². The average Bonchev–Trinajstić information content (AvgIpc) is 2.70. The zero-order valence-corrected chi connectivity index (χ0v) is 15.7. The summed E-state index contributed by atoms with van der Waals surface area (Å²) in [5.41, 5.74) is 1.71. The van der Waals surface area contributed by atoms with Crippen molar-refractivity contribution < 1.29 is 14.3 Å². The lowest BCUT2D eigenvalue weighted by atomic mass is 10.1. The quantitative estimate of drug-likeness (QED) is 0.537. The number of nitrogens with zero attached hydrogens (tertiary/aromatic N) is 1. The molecule has 0 saturated heterocycles. The first-order valence-corrected chi connectivity index (χ1v) is 9.01. The minimum absolute atomic E-state index is 0.0376. The number of ether oxygens (including phenoxy) is 2. The van der Waals surface area contributed by atoms with E-state index >= 15 is 0 Å². The summed E-state index contributed by atoms with van der Waals surface area (Å²) in [6.45, 7) is 5.39. The maximum absolute atomic E-state index is 12.3. The van der Waals surface area contributed by atoms with Crippen LogP contribution in [-0.2, 0) is 11.3 Å². The molecule has 2 rings (SSSR count). The fraction of sp³-hybridized carbons (Fsp3) is 0.273. The van der Waals surface area contributed by atoms with Crippen LogP contribution in [0.1, 0.15) is 31.4 Å². The van der Waals surface area contributed by atoms with E-state index in [-0.39, 0.29) is 5.57 Å².